The summed E-state index contributed by atoms with van der Waals surface area (Å²) in [6, 6.07) is 0.491. The first-order valence-electron chi connectivity index (χ1n) is 5.77. The molecule has 0 aromatic heterocycles. The second kappa shape index (κ2) is 8.82. The lowest BCUT2D eigenvalue weighted by molar-refractivity contribution is -0.137. The lowest BCUT2D eigenvalue weighted by Gasteiger charge is -2.09. The van der Waals surface area contributed by atoms with Gasteiger partial charge in [0, 0.05) is 25.7 Å². The van der Waals surface area contributed by atoms with E-state index in [4.69, 9.17) is 4.74 Å². The Morgan fingerprint density at radius 1 is 1.12 bits per heavy atom. The van der Waals surface area contributed by atoms with E-state index in [1.165, 1.54) is 0 Å². The van der Waals surface area contributed by atoms with E-state index in [0.717, 1.165) is 19.3 Å². The van der Waals surface area contributed by atoms with Crippen molar-refractivity contribution in [3.8, 4) is 0 Å². The lowest BCUT2D eigenvalue weighted by Crippen LogP contribution is -2.20. The SMILES string of the molecule is CNC(C)CCCCOCCCC(F)(F)F. The Balaban J connectivity index is 3.10. The highest BCUT2D eigenvalue weighted by molar-refractivity contribution is 4.56. The smallest absolute Gasteiger partial charge is 0.381 e. The van der Waals surface area contributed by atoms with Crippen molar-refractivity contribution in [1.29, 1.82) is 0 Å². The minimum absolute atomic E-state index is 0.0659. The molecular weight excluding hydrogens is 219 g/mol. The summed E-state index contributed by atoms with van der Waals surface area (Å²) in [5.41, 5.74) is 0. The van der Waals surface area contributed by atoms with Gasteiger partial charge in [0.15, 0.2) is 0 Å². The fraction of sp³-hybridized carbons (Fsp3) is 1.00. The molecule has 0 aromatic carbocycles. The topological polar surface area (TPSA) is 21.3 Å². The molecule has 0 aromatic rings. The molecule has 0 fully saturated rings. The third-order valence-electron chi connectivity index (χ3n) is 2.42. The van der Waals surface area contributed by atoms with Crippen LogP contribution in [0.5, 0.6) is 0 Å². The molecule has 0 heterocycles. The van der Waals surface area contributed by atoms with Crippen LogP contribution in [0.3, 0.4) is 0 Å². The van der Waals surface area contributed by atoms with Crippen LogP contribution in [0.25, 0.3) is 0 Å². The van der Waals surface area contributed by atoms with Crippen molar-refractivity contribution in [2.75, 3.05) is 20.3 Å². The zero-order valence-corrected chi connectivity index (χ0v) is 10.1. The van der Waals surface area contributed by atoms with E-state index in [1.807, 2.05) is 7.05 Å². The molecule has 16 heavy (non-hydrogen) atoms. The molecule has 0 aliphatic heterocycles. The molecule has 0 bridgehead atoms. The number of halogens is 3. The maximum atomic E-state index is 11.8. The van der Waals surface area contributed by atoms with Crippen LogP contribution in [0.4, 0.5) is 13.2 Å². The van der Waals surface area contributed by atoms with Crippen molar-refractivity contribution >= 4 is 0 Å². The minimum atomic E-state index is -4.05. The summed E-state index contributed by atoms with van der Waals surface area (Å²) in [6.45, 7) is 2.87. The van der Waals surface area contributed by atoms with Gasteiger partial charge in [0.1, 0.15) is 0 Å². The summed E-state index contributed by atoms with van der Waals surface area (Å²) in [4.78, 5) is 0. The molecule has 0 aliphatic carbocycles. The van der Waals surface area contributed by atoms with Gasteiger partial charge in [-0.1, -0.05) is 0 Å². The number of hydrogen-bond donors (Lipinski definition) is 1. The molecule has 1 unspecified atom stereocenters. The molecule has 0 saturated heterocycles. The summed E-state index contributed by atoms with van der Waals surface area (Å²) in [7, 11) is 1.91. The standard InChI is InChI=1S/C11H22F3NO/c1-10(15-2)6-3-4-8-16-9-5-7-11(12,13)14/h10,15H,3-9H2,1-2H3. The molecule has 98 valence electrons. The molecule has 0 amide bonds. The summed E-state index contributed by atoms with van der Waals surface area (Å²) in [5.74, 6) is 0. The Hall–Kier alpha value is -0.290. The average molecular weight is 241 g/mol. The summed E-state index contributed by atoms with van der Waals surface area (Å²) in [5, 5.41) is 3.13. The van der Waals surface area contributed by atoms with E-state index < -0.39 is 12.6 Å². The Bertz CT molecular complexity index is 162. The molecular formula is C11H22F3NO. The Labute approximate surface area is 95.5 Å². The van der Waals surface area contributed by atoms with Gasteiger partial charge in [-0.25, -0.2) is 0 Å². The number of alkyl halides is 3. The van der Waals surface area contributed by atoms with Crippen molar-refractivity contribution < 1.29 is 17.9 Å². The van der Waals surface area contributed by atoms with Crippen LogP contribution in [0, 0.1) is 0 Å². The van der Waals surface area contributed by atoms with Gasteiger partial charge in [-0.15, -0.1) is 0 Å². The molecule has 1 atom stereocenters. The highest BCUT2D eigenvalue weighted by atomic mass is 19.4. The van der Waals surface area contributed by atoms with Gasteiger partial charge >= 0.3 is 6.18 Å². The largest absolute Gasteiger partial charge is 0.389 e. The van der Waals surface area contributed by atoms with Crippen LogP contribution in [0.2, 0.25) is 0 Å². The number of ether oxygens (including phenoxy) is 1. The molecule has 5 heteroatoms. The maximum Gasteiger partial charge on any atom is 0.389 e. The number of hydrogen-bond acceptors (Lipinski definition) is 2. The van der Waals surface area contributed by atoms with Gasteiger partial charge < -0.3 is 10.1 Å². The van der Waals surface area contributed by atoms with Gasteiger partial charge in [-0.2, -0.15) is 13.2 Å². The Kier molecular flexibility index (Phi) is 8.66. The average Bonchev–Trinajstić information content (AvgIpc) is 2.20. The second-order valence-corrected chi connectivity index (χ2v) is 4.02. The highest BCUT2D eigenvalue weighted by Crippen LogP contribution is 2.20. The predicted octanol–water partition coefficient (Wildman–Crippen LogP) is 3.12. The van der Waals surface area contributed by atoms with Crippen LogP contribution in [0.1, 0.15) is 39.0 Å². The van der Waals surface area contributed by atoms with Crippen LogP contribution in [0.15, 0.2) is 0 Å². The fourth-order valence-electron chi connectivity index (χ4n) is 1.28. The first kappa shape index (κ1) is 15.7. The highest BCUT2D eigenvalue weighted by Gasteiger charge is 2.25. The van der Waals surface area contributed by atoms with Gasteiger partial charge in [-0.3, -0.25) is 0 Å². The molecule has 0 saturated carbocycles. The molecule has 0 aliphatic rings. The summed E-state index contributed by atoms with van der Waals surface area (Å²) in [6.07, 6.45) is -1.70. The third-order valence-corrected chi connectivity index (χ3v) is 2.42. The Morgan fingerprint density at radius 2 is 1.75 bits per heavy atom. The van der Waals surface area contributed by atoms with E-state index in [9.17, 15) is 13.2 Å². The van der Waals surface area contributed by atoms with Crippen molar-refractivity contribution in [2.24, 2.45) is 0 Å². The maximum absolute atomic E-state index is 11.8. The zero-order valence-electron chi connectivity index (χ0n) is 10.1. The monoisotopic (exact) mass is 241 g/mol. The van der Waals surface area contributed by atoms with Crippen molar-refractivity contribution in [1.82, 2.24) is 5.32 Å². The van der Waals surface area contributed by atoms with E-state index in [-0.39, 0.29) is 13.0 Å². The normalized spacial score (nSPS) is 14.1. The number of rotatable bonds is 9. The van der Waals surface area contributed by atoms with E-state index >= 15 is 0 Å². The van der Waals surface area contributed by atoms with Crippen LogP contribution in [-0.2, 0) is 4.74 Å². The molecule has 1 N–H and O–H groups in total. The van der Waals surface area contributed by atoms with E-state index in [0.29, 0.717) is 12.6 Å². The first-order valence-corrected chi connectivity index (χ1v) is 5.77. The van der Waals surface area contributed by atoms with Crippen molar-refractivity contribution in [2.45, 2.75) is 51.2 Å². The summed E-state index contributed by atoms with van der Waals surface area (Å²) >= 11 is 0. The van der Waals surface area contributed by atoms with Crippen molar-refractivity contribution in [3.63, 3.8) is 0 Å². The van der Waals surface area contributed by atoms with Crippen LogP contribution in [-0.4, -0.2) is 32.5 Å². The van der Waals surface area contributed by atoms with Gasteiger partial charge in [0.25, 0.3) is 0 Å². The van der Waals surface area contributed by atoms with Gasteiger partial charge in [-0.05, 0) is 39.7 Å². The lowest BCUT2D eigenvalue weighted by atomic mass is 10.1. The minimum Gasteiger partial charge on any atom is -0.381 e. The van der Waals surface area contributed by atoms with E-state index in [2.05, 4.69) is 12.2 Å². The van der Waals surface area contributed by atoms with Crippen LogP contribution < -0.4 is 5.32 Å². The Morgan fingerprint density at radius 3 is 2.31 bits per heavy atom. The quantitative estimate of drug-likeness (QED) is 0.626. The predicted molar refractivity (Wildman–Crippen MR) is 58.5 cm³/mol. The van der Waals surface area contributed by atoms with Crippen LogP contribution >= 0.6 is 0 Å². The summed E-state index contributed by atoms with van der Waals surface area (Å²) < 4.78 is 40.4. The molecule has 0 rings (SSSR count). The van der Waals surface area contributed by atoms with Gasteiger partial charge in [0.2, 0.25) is 0 Å². The van der Waals surface area contributed by atoms with Crippen molar-refractivity contribution in [3.05, 3.63) is 0 Å². The number of unbranched alkanes of at least 4 members (excludes halogenated alkanes) is 1. The zero-order chi connectivity index (χ0) is 12.4. The second-order valence-electron chi connectivity index (χ2n) is 4.02. The molecule has 2 nitrogen and oxygen atoms in total. The molecule has 0 radical (unpaired) electrons. The number of nitrogens with one attached hydrogen (secondary N) is 1. The third kappa shape index (κ3) is 11.8. The molecule has 0 spiro atoms. The van der Waals surface area contributed by atoms with Gasteiger partial charge in [0.05, 0.1) is 0 Å². The fourth-order valence-corrected chi connectivity index (χ4v) is 1.28. The van der Waals surface area contributed by atoms with E-state index in [1.54, 1.807) is 0 Å². The first-order chi connectivity index (χ1) is 7.45.